The van der Waals surface area contributed by atoms with Crippen molar-refractivity contribution in [3.63, 3.8) is 0 Å². The van der Waals surface area contributed by atoms with Crippen molar-refractivity contribution < 1.29 is 4.74 Å². The van der Waals surface area contributed by atoms with Crippen molar-refractivity contribution >= 4 is 35.0 Å². The molecule has 1 aromatic carbocycles. The molecule has 1 aromatic rings. The monoisotopic (exact) mass is 327 g/mol. The molecule has 0 aliphatic carbocycles. The highest BCUT2D eigenvalue weighted by molar-refractivity contribution is 14.1. The second kappa shape index (κ2) is 6.48. The number of hydrogen-bond acceptors (Lipinski definition) is 2. The second-order valence-corrected chi connectivity index (χ2v) is 4.25. The Morgan fingerprint density at radius 3 is 2.21 bits per heavy atom. The molecule has 0 amide bonds. The molecule has 80 valence electrons. The lowest BCUT2D eigenvalue weighted by Crippen LogP contribution is -2.11. The molecule has 0 saturated heterocycles. The molecule has 2 nitrogen and oxygen atoms in total. The minimum Gasteiger partial charge on any atom is -0.492 e. The third kappa shape index (κ3) is 3.63. The van der Waals surface area contributed by atoms with Gasteiger partial charge in [0.25, 0.3) is 0 Å². The molecule has 0 atom stereocenters. The molecule has 0 spiro atoms. The molecular formula is C10H15ClINO. The third-order valence-corrected chi connectivity index (χ3v) is 2.41. The van der Waals surface area contributed by atoms with E-state index in [4.69, 9.17) is 10.5 Å². The predicted octanol–water partition coefficient (Wildman–Crippen LogP) is 2.67. The van der Waals surface area contributed by atoms with E-state index in [1.165, 1.54) is 14.7 Å². The van der Waals surface area contributed by atoms with Crippen molar-refractivity contribution in [2.75, 3.05) is 13.2 Å². The molecule has 0 unspecified atom stereocenters. The van der Waals surface area contributed by atoms with Crippen molar-refractivity contribution in [2.45, 2.75) is 13.8 Å². The van der Waals surface area contributed by atoms with Crippen LogP contribution in [-0.4, -0.2) is 13.2 Å². The van der Waals surface area contributed by atoms with Crippen LogP contribution in [0.1, 0.15) is 11.1 Å². The zero-order valence-corrected chi connectivity index (χ0v) is 11.3. The van der Waals surface area contributed by atoms with Gasteiger partial charge in [0, 0.05) is 10.1 Å². The molecule has 0 aromatic heterocycles. The number of benzene rings is 1. The Kier molecular flexibility index (Phi) is 6.48. The SMILES string of the molecule is Cc1cc(I)cc(C)c1OCCN.Cl. The Labute approximate surface area is 105 Å². The van der Waals surface area contributed by atoms with Gasteiger partial charge in [-0.1, -0.05) is 0 Å². The van der Waals surface area contributed by atoms with Gasteiger partial charge in [-0.3, -0.25) is 0 Å². The second-order valence-electron chi connectivity index (χ2n) is 3.01. The summed E-state index contributed by atoms with van der Waals surface area (Å²) in [7, 11) is 0. The van der Waals surface area contributed by atoms with E-state index in [2.05, 4.69) is 48.6 Å². The first-order chi connectivity index (χ1) is 6.15. The maximum absolute atomic E-state index is 5.54. The fourth-order valence-corrected chi connectivity index (χ4v) is 2.22. The summed E-state index contributed by atoms with van der Waals surface area (Å²) in [4.78, 5) is 0. The van der Waals surface area contributed by atoms with Crippen molar-refractivity contribution in [3.05, 3.63) is 26.8 Å². The van der Waals surface area contributed by atoms with Crippen LogP contribution < -0.4 is 10.5 Å². The van der Waals surface area contributed by atoms with Crippen LogP contribution in [0.25, 0.3) is 0 Å². The van der Waals surface area contributed by atoms with Gasteiger partial charge in [-0.2, -0.15) is 0 Å². The maximum Gasteiger partial charge on any atom is 0.125 e. The van der Waals surface area contributed by atoms with Crippen molar-refractivity contribution in [1.82, 2.24) is 0 Å². The van der Waals surface area contributed by atoms with Crippen LogP contribution >= 0.6 is 35.0 Å². The molecule has 2 N–H and O–H groups in total. The van der Waals surface area contributed by atoms with E-state index in [1.54, 1.807) is 0 Å². The minimum absolute atomic E-state index is 0. The Morgan fingerprint density at radius 1 is 1.29 bits per heavy atom. The van der Waals surface area contributed by atoms with Gasteiger partial charge in [0.1, 0.15) is 12.4 Å². The van der Waals surface area contributed by atoms with Gasteiger partial charge in [-0.15, -0.1) is 12.4 Å². The van der Waals surface area contributed by atoms with Gasteiger partial charge in [0.15, 0.2) is 0 Å². The van der Waals surface area contributed by atoms with Crippen LogP contribution in [0.2, 0.25) is 0 Å². The van der Waals surface area contributed by atoms with E-state index in [9.17, 15) is 0 Å². The Morgan fingerprint density at radius 2 is 1.79 bits per heavy atom. The van der Waals surface area contributed by atoms with E-state index in [0.717, 1.165) is 5.75 Å². The summed E-state index contributed by atoms with van der Waals surface area (Å²) < 4.78 is 6.79. The number of nitrogens with two attached hydrogens (primary N) is 1. The molecule has 0 heterocycles. The summed E-state index contributed by atoms with van der Waals surface area (Å²) in [6.45, 7) is 5.26. The molecule has 0 aliphatic heterocycles. The zero-order valence-electron chi connectivity index (χ0n) is 8.34. The molecule has 0 bridgehead atoms. The largest absolute Gasteiger partial charge is 0.492 e. The third-order valence-electron chi connectivity index (χ3n) is 1.79. The standard InChI is InChI=1S/C10H14INO.ClH/c1-7-5-9(11)6-8(2)10(7)13-4-3-12;/h5-6H,3-4,12H2,1-2H3;1H. The average Bonchev–Trinajstić information content (AvgIpc) is 2.02. The molecular weight excluding hydrogens is 312 g/mol. The van der Waals surface area contributed by atoms with E-state index in [-0.39, 0.29) is 12.4 Å². The predicted molar refractivity (Wildman–Crippen MR) is 70.4 cm³/mol. The van der Waals surface area contributed by atoms with Crippen LogP contribution in [-0.2, 0) is 0 Å². The van der Waals surface area contributed by atoms with Crippen molar-refractivity contribution in [2.24, 2.45) is 5.73 Å². The van der Waals surface area contributed by atoms with Crippen LogP contribution in [0.3, 0.4) is 0 Å². The number of aryl methyl sites for hydroxylation is 2. The molecule has 1 rings (SSSR count). The normalized spacial score (nSPS) is 9.43. The Balaban J connectivity index is 0.00000169. The number of hydrogen-bond donors (Lipinski definition) is 1. The summed E-state index contributed by atoms with van der Waals surface area (Å²) in [5, 5.41) is 0. The maximum atomic E-state index is 5.54. The molecule has 4 heteroatoms. The smallest absolute Gasteiger partial charge is 0.125 e. The molecule has 0 aliphatic rings. The first-order valence-electron chi connectivity index (χ1n) is 4.24. The van der Waals surface area contributed by atoms with Crippen molar-refractivity contribution in [1.29, 1.82) is 0 Å². The summed E-state index contributed by atoms with van der Waals surface area (Å²) in [6, 6.07) is 4.22. The van der Waals surface area contributed by atoms with Gasteiger partial charge in [-0.05, 0) is 59.7 Å². The van der Waals surface area contributed by atoms with Crippen LogP contribution in [0, 0.1) is 17.4 Å². The Bertz CT molecular complexity index is 281. The van der Waals surface area contributed by atoms with E-state index >= 15 is 0 Å². The lowest BCUT2D eigenvalue weighted by molar-refractivity contribution is 0.324. The van der Waals surface area contributed by atoms with Crippen molar-refractivity contribution in [3.8, 4) is 5.75 Å². The van der Waals surface area contributed by atoms with E-state index in [1.807, 2.05) is 0 Å². The first kappa shape index (κ1) is 14.0. The van der Waals surface area contributed by atoms with Gasteiger partial charge >= 0.3 is 0 Å². The molecule has 0 fully saturated rings. The highest BCUT2D eigenvalue weighted by atomic mass is 127. The molecule has 14 heavy (non-hydrogen) atoms. The highest BCUT2D eigenvalue weighted by Gasteiger charge is 2.04. The number of halogens is 2. The van der Waals surface area contributed by atoms with E-state index < -0.39 is 0 Å². The lowest BCUT2D eigenvalue weighted by Gasteiger charge is -2.11. The van der Waals surface area contributed by atoms with Crippen LogP contribution in [0.15, 0.2) is 12.1 Å². The number of rotatable bonds is 3. The lowest BCUT2D eigenvalue weighted by atomic mass is 10.1. The zero-order chi connectivity index (χ0) is 9.84. The summed E-state index contributed by atoms with van der Waals surface area (Å²) in [6.07, 6.45) is 0. The summed E-state index contributed by atoms with van der Waals surface area (Å²) >= 11 is 2.31. The Hall–Kier alpha value is -0.0000000000000000555. The number of ether oxygens (including phenoxy) is 1. The minimum atomic E-state index is 0. The first-order valence-corrected chi connectivity index (χ1v) is 5.32. The average molecular weight is 328 g/mol. The summed E-state index contributed by atoms with van der Waals surface area (Å²) in [5.41, 5.74) is 7.74. The van der Waals surface area contributed by atoms with Gasteiger partial charge in [0.05, 0.1) is 0 Å². The van der Waals surface area contributed by atoms with E-state index in [0.29, 0.717) is 13.2 Å². The van der Waals surface area contributed by atoms with Gasteiger partial charge in [-0.25, -0.2) is 0 Å². The van der Waals surface area contributed by atoms with Crippen LogP contribution in [0.4, 0.5) is 0 Å². The fraction of sp³-hybridized carbons (Fsp3) is 0.400. The molecule has 0 saturated carbocycles. The summed E-state index contributed by atoms with van der Waals surface area (Å²) in [5.74, 6) is 0.978. The topological polar surface area (TPSA) is 35.2 Å². The van der Waals surface area contributed by atoms with Crippen LogP contribution in [0.5, 0.6) is 5.75 Å². The van der Waals surface area contributed by atoms with Gasteiger partial charge < -0.3 is 10.5 Å². The quantitative estimate of drug-likeness (QED) is 0.866. The fourth-order valence-electron chi connectivity index (χ4n) is 1.29. The molecule has 0 radical (unpaired) electrons. The van der Waals surface area contributed by atoms with Gasteiger partial charge in [0.2, 0.25) is 0 Å². The highest BCUT2D eigenvalue weighted by Crippen LogP contribution is 2.25.